The molecule has 1 aliphatic heterocycles. The lowest BCUT2D eigenvalue weighted by Gasteiger charge is -2.36. The van der Waals surface area contributed by atoms with Crippen LogP contribution in [0.3, 0.4) is 0 Å². The van der Waals surface area contributed by atoms with Crippen LogP contribution < -0.4 is 5.32 Å². The number of anilines is 1. The van der Waals surface area contributed by atoms with Gasteiger partial charge < -0.3 is 15.1 Å². The third-order valence-corrected chi connectivity index (χ3v) is 5.73. The van der Waals surface area contributed by atoms with Crippen molar-refractivity contribution in [2.45, 2.75) is 32.2 Å². The molecule has 0 aliphatic carbocycles. The van der Waals surface area contributed by atoms with E-state index in [1.54, 1.807) is 18.0 Å². The Labute approximate surface area is 169 Å². The molecule has 0 saturated carbocycles. The fraction of sp³-hybridized carbons (Fsp3) is 0.381. The second kappa shape index (κ2) is 9.01. The van der Waals surface area contributed by atoms with E-state index in [0.29, 0.717) is 23.5 Å². The van der Waals surface area contributed by atoms with Gasteiger partial charge in [-0.25, -0.2) is 0 Å². The van der Waals surface area contributed by atoms with Gasteiger partial charge in [0.05, 0.1) is 11.4 Å². The number of aryl methyl sites for hydroxylation is 1. The van der Waals surface area contributed by atoms with Gasteiger partial charge in [-0.3, -0.25) is 14.4 Å². The van der Waals surface area contributed by atoms with Gasteiger partial charge in [0, 0.05) is 19.3 Å². The van der Waals surface area contributed by atoms with Crippen molar-refractivity contribution >= 4 is 34.7 Å². The average Bonchev–Trinajstić information content (AvgIpc) is 3.23. The van der Waals surface area contributed by atoms with E-state index in [-0.39, 0.29) is 24.3 Å². The first-order valence-corrected chi connectivity index (χ1v) is 10.3. The van der Waals surface area contributed by atoms with E-state index < -0.39 is 6.04 Å². The number of benzene rings is 1. The number of rotatable bonds is 5. The molecule has 3 amide bonds. The number of carbonyl (C=O) groups is 3. The molecule has 1 saturated heterocycles. The van der Waals surface area contributed by atoms with Crippen molar-refractivity contribution in [1.29, 1.82) is 0 Å². The fourth-order valence-electron chi connectivity index (χ4n) is 3.36. The molecule has 28 heavy (non-hydrogen) atoms. The first kappa shape index (κ1) is 20.1. The zero-order valence-corrected chi connectivity index (χ0v) is 17.0. The summed E-state index contributed by atoms with van der Waals surface area (Å²) in [6, 6.07) is 10.6. The smallest absolute Gasteiger partial charge is 0.264 e. The second-order valence-corrected chi connectivity index (χ2v) is 8.04. The van der Waals surface area contributed by atoms with Gasteiger partial charge >= 0.3 is 0 Å². The van der Waals surface area contributed by atoms with Crippen LogP contribution in [-0.4, -0.2) is 53.7 Å². The minimum Gasteiger partial charge on any atom is -0.335 e. The van der Waals surface area contributed by atoms with Crippen molar-refractivity contribution in [2.75, 3.05) is 25.5 Å². The Morgan fingerprint density at radius 3 is 2.61 bits per heavy atom. The molecule has 3 rings (SSSR count). The number of likely N-dealkylation sites (N-methyl/N-ethyl adjacent to an activating group) is 1. The molecule has 1 atom stereocenters. The van der Waals surface area contributed by atoms with E-state index in [1.807, 2.05) is 42.6 Å². The molecule has 6 nitrogen and oxygen atoms in total. The molecular weight excluding hydrogens is 374 g/mol. The summed E-state index contributed by atoms with van der Waals surface area (Å²) in [5.74, 6) is -0.555. The summed E-state index contributed by atoms with van der Waals surface area (Å²) in [6.45, 7) is 2.49. The number of likely N-dealkylation sites (tertiary alicyclic amines) is 1. The molecule has 1 aromatic carbocycles. The lowest BCUT2D eigenvalue weighted by molar-refractivity contribution is -0.138. The van der Waals surface area contributed by atoms with Gasteiger partial charge in [0.1, 0.15) is 6.04 Å². The minimum absolute atomic E-state index is 0.0513. The molecule has 148 valence electrons. The van der Waals surface area contributed by atoms with Gasteiger partial charge in [-0.05, 0) is 49.8 Å². The molecule has 1 N–H and O–H groups in total. The van der Waals surface area contributed by atoms with Crippen LogP contribution in [0.15, 0.2) is 41.8 Å². The van der Waals surface area contributed by atoms with E-state index in [2.05, 4.69) is 5.32 Å². The first-order chi connectivity index (χ1) is 13.5. The van der Waals surface area contributed by atoms with Crippen LogP contribution in [-0.2, 0) is 9.59 Å². The molecule has 0 unspecified atom stereocenters. The van der Waals surface area contributed by atoms with Crippen molar-refractivity contribution in [3.63, 3.8) is 0 Å². The van der Waals surface area contributed by atoms with E-state index in [1.165, 1.54) is 16.2 Å². The van der Waals surface area contributed by atoms with Crippen molar-refractivity contribution in [3.8, 4) is 0 Å². The lowest BCUT2D eigenvalue weighted by atomic mass is 10.0. The normalized spacial score (nSPS) is 16.5. The summed E-state index contributed by atoms with van der Waals surface area (Å²) in [5, 5.41) is 4.66. The highest BCUT2D eigenvalue weighted by atomic mass is 32.1. The van der Waals surface area contributed by atoms with Crippen LogP contribution in [0.5, 0.6) is 0 Å². The highest BCUT2D eigenvalue weighted by Crippen LogP contribution is 2.23. The third-order valence-electron chi connectivity index (χ3n) is 4.87. The van der Waals surface area contributed by atoms with E-state index >= 15 is 0 Å². The van der Waals surface area contributed by atoms with Crippen molar-refractivity contribution in [1.82, 2.24) is 9.80 Å². The van der Waals surface area contributed by atoms with Crippen molar-refractivity contribution in [3.05, 3.63) is 52.2 Å². The molecule has 1 aromatic heterocycles. The maximum absolute atomic E-state index is 13.0. The highest BCUT2D eigenvalue weighted by Gasteiger charge is 2.34. The van der Waals surface area contributed by atoms with Gasteiger partial charge in [0.15, 0.2) is 0 Å². The standard InChI is InChI=1S/C21H25N3O3S/c1-15-8-10-16(11-9-15)22-19(25)14-23(2)20(26)17-6-3-4-12-24(17)21(27)18-7-5-13-28-18/h5,7-11,13,17H,3-4,6,12,14H2,1-2H3,(H,22,25)/t17-/m1/s1. The van der Waals surface area contributed by atoms with Gasteiger partial charge in [0.25, 0.3) is 5.91 Å². The number of hydrogen-bond acceptors (Lipinski definition) is 4. The summed E-state index contributed by atoms with van der Waals surface area (Å²) in [6.07, 6.45) is 2.41. The van der Waals surface area contributed by atoms with Crippen LogP contribution in [0, 0.1) is 6.92 Å². The molecule has 2 heterocycles. The summed E-state index contributed by atoms with van der Waals surface area (Å²) < 4.78 is 0. The third kappa shape index (κ3) is 4.78. The monoisotopic (exact) mass is 399 g/mol. The van der Waals surface area contributed by atoms with Crippen LogP contribution in [0.1, 0.15) is 34.5 Å². The number of thiophene rings is 1. The molecular formula is C21H25N3O3S. The number of nitrogens with zero attached hydrogens (tertiary/aromatic N) is 2. The summed E-state index contributed by atoms with van der Waals surface area (Å²) >= 11 is 1.38. The van der Waals surface area contributed by atoms with Crippen LogP contribution >= 0.6 is 11.3 Å². The molecule has 2 aromatic rings. The molecule has 7 heteroatoms. The molecule has 1 aliphatic rings. The predicted molar refractivity (Wildman–Crippen MR) is 110 cm³/mol. The maximum atomic E-state index is 13.0. The largest absolute Gasteiger partial charge is 0.335 e. The highest BCUT2D eigenvalue weighted by molar-refractivity contribution is 7.12. The van der Waals surface area contributed by atoms with Crippen molar-refractivity contribution in [2.24, 2.45) is 0 Å². The molecule has 1 fully saturated rings. The minimum atomic E-state index is -0.513. The summed E-state index contributed by atoms with van der Waals surface area (Å²) in [5.41, 5.74) is 1.81. The maximum Gasteiger partial charge on any atom is 0.264 e. The Kier molecular flexibility index (Phi) is 6.46. The molecule has 0 radical (unpaired) electrons. The predicted octanol–water partition coefficient (Wildman–Crippen LogP) is 3.15. The topological polar surface area (TPSA) is 69.7 Å². The second-order valence-electron chi connectivity index (χ2n) is 7.10. The van der Waals surface area contributed by atoms with Gasteiger partial charge in [-0.15, -0.1) is 11.3 Å². The zero-order valence-electron chi connectivity index (χ0n) is 16.2. The Balaban J connectivity index is 1.62. The quantitative estimate of drug-likeness (QED) is 0.840. The van der Waals surface area contributed by atoms with Crippen LogP contribution in [0.25, 0.3) is 0 Å². The number of carbonyl (C=O) groups excluding carboxylic acids is 3. The van der Waals surface area contributed by atoms with E-state index in [9.17, 15) is 14.4 Å². The first-order valence-electron chi connectivity index (χ1n) is 9.41. The van der Waals surface area contributed by atoms with Gasteiger partial charge in [0.2, 0.25) is 11.8 Å². The zero-order chi connectivity index (χ0) is 20.1. The Morgan fingerprint density at radius 1 is 1.18 bits per heavy atom. The Hall–Kier alpha value is -2.67. The Morgan fingerprint density at radius 2 is 1.93 bits per heavy atom. The number of amides is 3. The average molecular weight is 400 g/mol. The van der Waals surface area contributed by atoms with E-state index in [4.69, 9.17) is 0 Å². The van der Waals surface area contributed by atoms with Crippen molar-refractivity contribution < 1.29 is 14.4 Å². The van der Waals surface area contributed by atoms with Gasteiger partial charge in [-0.2, -0.15) is 0 Å². The number of piperidine rings is 1. The van der Waals surface area contributed by atoms with E-state index in [0.717, 1.165) is 18.4 Å². The SMILES string of the molecule is Cc1ccc(NC(=O)CN(C)C(=O)[C@H]2CCCCN2C(=O)c2cccs2)cc1. The van der Waals surface area contributed by atoms with Crippen LogP contribution in [0.2, 0.25) is 0 Å². The van der Waals surface area contributed by atoms with Crippen LogP contribution in [0.4, 0.5) is 5.69 Å². The number of nitrogens with one attached hydrogen (secondary N) is 1. The fourth-order valence-corrected chi connectivity index (χ4v) is 4.04. The number of hydrogen-bond donors (Lipinski definition) is 1. The lowest BCUT2D eigenvalue weighted by Crippen LogP contribution is -2.53. The Bertz CT molecular complexity index is 833. The molecule has 0 spiro atoms. The summed E-state index contributed by atoms with van der Waals surface area (Å²) in [4.78, 5) is 41.8. The summed E-state index contributed by atoms with van der Waals surface area (Å²) in [7, 11) is 1.61. The van der Waals surface area contributed by atoms with Gasteiger partial charge in [-0.1, -0.05) is 23.8 Å². The molecule has 0 bridgehead atoms.